The van der Waals surface area contributed by atoms with Crippen molar-refractivity contribution in [3.8, 4) is 0 Å². The number of nitrogens with two attached hydrogens (primary N) is 1. The quantitative estimate of drug-likeness (QED) is 0.643. The number of aliphatic carboxylic acids is 1. The molecule has 0 heterocycles. The van der Waals surface area contributed by atoms with Gasteiger partial charge in [0.15, 0.2) is 0 Å². The molecule has 0 radical (unpaired) electrons. The molecule has 0 aromatic heterocycles. The number of benzene rings is 1. The third-order valence-electron chi connectivity index (χ3n) is 1.86. The lowest BCUT2D eigenvalue weighted by molar-refractivity contribution is -0.138. The van der Waals surface area contributed by atoms with Crippen LogP contribution in [0.2, 0.25) is 0 Å². The minimum Gasteiger partial charge on any atom is -0.480 e. The maximum atomic E-state index is 11.3. The Morgan fingerprint density at radius 3 is 2.47 bits per heavy atom. The summed E-state index contributed by atoms with van der Waals surface area (Å²) in [5.41, 5.74) is 6.27. The zero-order valence-corrected chi connectivity index (χ0v) is 8.01. The molecule has 0 aliphatic heterocycles. The minimum atomic E-state index is -1.09. The van der Waals surface area contributed by atoms with Crippen LogP contribution in [0.4, 0.5) is 0 Å². The van der Waals surface area contributed by atoms with Gasteiger partial charge in [0.05, 0.1) is 0 Å². The highest BCUT2D eigenvalue weighted by molar-refractivity contribution is 5.85. The van der Waals surface area contributed by atoms with E-state index in [0.717, 1.165) is 0 Å². The molecule has 1 atom stereocenters. The van der Waals surface area contributed by atoms with Crippen molar-refractivity contribution in [1.82, 2.24) is 5.32 Å². The van der Waals surface area contributed by atoms with Gasteiger partial charge < -0.3 is 16.2 Å². The molecule has 1 aromatic rings. The van der Waals surface area contributed by atoms with Crippen LogP contribution >= 0.6 is 0 Å². The van der Waals surface area contributed by atoms with Gasteiger partial charge in [0, 0.05) is 0 Å². The molecule has 0 bridgehead atoms. The van der Waals surface area contributed by atoms with Crippen LogP contribution in [0.25, 0.3) is 0 Å². The lowest BCUT2D eigenvalue weighted by Crippen LogP contribution is -2.37. The molecule has 0 aliphatic rings. The Morgan fingerprint density at radius 2 is 1.93 bits per heavy atom. The van der Waals surface area contributed by atoms with Crippen LogP contribution in [-0.4, -0.2) is 23.5 Å². The van der Waals surface area contributed by atoms with E-state index in [9.17, 15) is 9.59 Å². The Hall–Kier alpha value is -1.88. The number of amides is 1. The van der Waals surface area contributed by atoms with E-state index >= 15 is 0 Å². The predicted molar refractivity (Wildman–Crippen MR) is 54.0 cm³/mol. The molecular formula is C10H12N2O3. The van der Waals surface area contributed by atoms with Crippen LogP contribution in [0, 0.1) is 0 Å². The SMILES string of the molecule is N[C@H](C(=O)NCC(=O)O)c1ccccc1. The molecule has 0 aliphatic carbocycles. The molecule has 1 aromatic carbocycles. The normalized spacial score (nSPS) is 11.8. The summed E-state index contributed by atoms with van der Waals surface area (Å²) in [6.07, 6.45) is 0. The molecular weight excluding hydrogens is 196 g/mol. The van der Waals surface area contributed by atoms with E-state index in [1.54, 1.807) is 24.3 Å². The summed E-state index contributed by atoms with van der Waals surface area (Å²) in [6, 6.07) is 7.94. The predicted octanol–water partition coefficient (Wildman–Crippen LogP) is -0.113. The number of carboxylic acid groups (broad SMARTS) is 1. The molecule has 0 saturated heterocycles. The molecule has 15 heavy (non-hydrogen) atoms. The summed E-state index contributed by atoms with van der Waals surface area (Å²) in [5.74, 6) is -1.59. The number of hydrogen-bond acceptors (Lipinski definition) is 3. The first-order valence-corrected chi connectivity index (χ1v) is 4.41. The van der Waals surface area contributed by atoms with E-state index in [1.807, 2.05) is 6.07 Å². The first-order valence-electron chi connectivity index (χ1n) is 4.41. The van der Waals surface area contributed by atoms with Gasteiger partial charge in [0.25, 0.3) is 0 Å². The summed E-state index contributed by atoms with van der Waals surface area (Å²) in [7, 11) is 0. The Morgan fingerprint density at radius 1 is 1.33 bits per heavy atom. The molecule has 0 unspecified atom stereocenters. The highest BCUT2D eigenvalue weighted by Crippen LogP contribution is 2.08. The Kier molecular flexibility index (Phi) is 3.82. The lowest BCUT2D eigenvalue weighted by atomic mass is 10.1. The Labute approximate surface area is 86.9 Å². The highest BCUT2D eigenvalue weighted by Gasteiger charge is 2.15. The molecule has 4 N–H and O–H groups in total. The monoisotopic (exact) mass is 208 g/mol. The number of carbonyl (C=O) groups is 2. The number of hydrogen-bond donors (Lipinski definition) is 3. The van der Waals surface area contributed by atoms with E-state index in [4.69, 9.17) is 10.8 Å². The summed E-state index contributed by atoms with van der Waals surface area (Å²) in [6.45, 7) is -0.417. The largest absolute Gasteiger partial charge is 0.480 e. The van der Waals surface area contributed by atoms with Gasteiger partial charge in [-0.25, -0.2) is 0 Å². The van der Waals surface area contributed by atoms with Gasteiger partial charge in [0.1, 0.15) is 12.6 Å². The van der Waals surface area contributed by atoms with E-state index in [-0.39, 0.29) is 0 Å². The van der Waals surface area contributed by atoms with Crippen molar-refractivity contribution in [2.45, 2.75) is 6.04 Å². The maximum Gasteiger partial charge on any atom is 0.322 e. The van der Waals surface area contributed by atoms with Gasteiger partial charge in [-0.2, -0.15) is 0 Å². The van der Waals surface area contributed by atoms with Crippen LogP contribution in [0.3, 0.4) is 0 Å². The number of nitrogens with one attached hydrogen (secondary N) is 1. The third-order valence-corrected chi connectivity index (χ3v) is 1.86. The average Bonchev–Trinajstić information content (AvgIpc) is 2.26. The zero-order chi connectivity index (χ0) is 11.3. The standard InChI is InChI=1S/C10H12N2O3/c11-9(7-4-2-1-3-5-7)10(15)12-6-8(13)14/h1-5,9H,6,11H2,(H,12,15)(H,13,14)/t9-/m0/s1. The Balaban J connectivity index is 2.57. The van der Waals surface area contributed by atoms with E-state index in [2.05, 4.69) is 5.32 Å². The summed E-state index contributed by atoms with van der Waals surface area (Å²) < 4.78 is 0. The molecule has 80 valence electrons. The second-order valence-corrected chi connectivity index (χ2v) is 3.00. The fourth-order valence-electron chi connectivity index (χ4n) is 1.08. The maximum absolute atomic E-state index is 11.3. The molecule has 0 fully saturated rings. The van der Waals surface area contributed by atoms with Gasteiger partial charge >= 0.3 is 5.97 Å². The van der Waals surface area contributed by atoms with Crippen molar-refractivity contribution in [3.05, 3.63) is 35.9 Å². The summed E-state index contributed by atoms with van der Waals surface area (Å²) in [4.78, 5) is 21.6. The molecule has 0 saturated carbocycles. The van der Waals surface area contributed by atoms with Crippen LogP contribution in [0.15, 0.2) is 30.3 Å². The topological polar surface area (TPSA) is 92.4 Å². The fourth-order valence-corrected chi connectivity index (χ4v) is 1.08. The first-order chi connectivity index (χ1) is 7.11. The van der Waals surface area contributed by atoms with E-state index in [0.29, 0.717) is 5.56 Å². The minimum absolute atomic E-state index is 0.417. The molecule has 1 amide bonds. The second kappa shape index (κ2) is 5.11. The summed E-state index contributed by atoms with van der Waals surface area (Å²) in [5, 5.41) is 10.6. The molecule has 5 heteroatoms. The lowest BCUT2D eigenvalue weighted by Gasteiger charge is -2.10. The van der Waals surface area contributed by atoms with E-state index in [1.165, 1.54) is 0 Å². The van der Waals surface area contributed by atoms with Crippen molar-refractivity contribution >= 4 is 11.9 Å². The van der Waals surface area contributed by atoms with Gasteiger partial charge in [-0.05, 0) is 5.56 Å². The smallest absolute Gasteiger partial charge is 0.322 e. The van der Waals surface area contributed by atoms with Crippen molar-refractivity contribution in [1.29, 1.82) is 0 Å². The van der Waals surface area contributed by atoms with Crippen molar-refractivity contribution in [2.75, 3.05) is 6.54 Å². The van der Waals surface area contributed by atoms with Crippen LogP contribution in [0.5, 0.6) is 0 Å². The zero-order valence-electron chi connectivity index (χ0n) is 8.01. The second-order valence-electron chi connectivity index (χ2n) is 3.00. The van der Waals surface area contributed by atoms with Gasteiger partial charge in [-0.3, -0.25) is 9.59 Å². The number of carboxylic acids is 1. The van der Waals surface area contributed by atoms with Gasteiger partial charge in [-0.1, -0.05) is 30.3 Å². The number of carbonyl (C=O) groups excluding carboxylic acids is 1. The molecule has 1 rings (SSSR count). The average molecular weight is 208 g/mol. The van der Waals surface area contributed by atoms with Crippen LogP contribution in [0.1, 0.15) is 11.6 Å². The van der Waals surface area contributed by atoms with Gasteiger partial charge in [-0.15, -0.1) is 0 Å². The Bertz CT molecular complexity index is 351. The van der Waals surface area contributed by atoms with Crippen LogP contribution < -0.4 is 11.1 Å². The number of rotatable bonds is 4. The van der Waals surface area contributed by atoms with Crippen LogP contribution in [-0.2, 0) is 9.59 Å². The fraction of sp³-hybridized carbons (Fsp3) is 0.200. The molecule has 5 nitrogen and oxygen atoms in total. The van der Waals surface area contributed by atoms with Gasteiger partial charge in [0.2, 0.25) is 5.91 Å². The van der Waals surface area contributed by atoms with Crippen molar-refractivity contribution < 1.29 is 14.7 Å². The van der Waals surface area contributed by atoms with Crippen molar-refractivity contribution in [2.24, 2.45) is 5.73 Å². The summed E-state index contributed by atoms with van der Waals surface area (Å²) >= 11 is 0. The highest BCUT2D eigenvalue weighted by atomic mass is 16.4. The van der Waals surface area contributed by atoms with E-state index < -0.39 is 24.5 Å². The first kappa shape index (κ1) is 11.2. The van der Waals surface area contributed by atoms with Crippen molar-refractivity contribution in [3.63, 3.8) is 0 Å². The third kappa shape index (κ3) is 3.40. The molecule has 0 spiro atoms.